The Hall–Kier alpha value is -2.11. The summed E-state index contributed by atoms with van der Waals surface area (Å²) in [6.45, 7) is 1.48. The van der Waals surface area contributed by atoms with Gasteiger partial charge in [-0.25, -0.2) is 22.0 Å². The minimum absolute atomic E-state index is 0.0792. The standard InChI is InChI=1S/C14H10F5N/c1-7(9-3-2-8(15)6-11(9)17)20-12-5-4-10(16)13(18)14(12)19/h2-7,20H,1H3. The molecule has 6 heteroatoms. The van der Waals surface area contributed by atoms with E-state index in [1.165, 1.54) is 13.0 Å². The molecule has 0 spiro atoms. The second-order valence-corrected chi connectivity index (χ2v) is 4.25. The summed E-state index contributed by atoms with van der Waals surface area (Å²) in [5, 5.41) is 2.51. The lowest BCUT2D eigenvalue weighted by atomic mass is 10.1. The van der Waals surface area contributed by atoms with E-state index in [0.29, 0.717) is 6.07 Å². The molecule has 0 radical (unpaired) electrons. The Morgan fingerprint density at radius 1 is 0.850 bits per heavy atom. The van der Waals surface area contributed by atoms with Gasteiger partial charge < -0.3 is 5.32 Å². The number of nitrogens with one attached hydrogen (secondary N) is 1. The minimum Gasteiger partial charge on any atom is -0.376 e. The van der Waals surface area contributed by atoms with Crippen LogP contribution in [-0.4, -0.2) is 0 Å². The van der Waals surface area contributed by atoms with Crippen LogP contribution in [0.1, 0.15) is 18.5 Å². The highest BCUT2D eigenvalue weighted by Crippen LogP contribution is 2.26. The summed E-state index contributed by atoms with van der Waals surface area (Å²) in [6, 6.07) is 3.95. The number of rotatable bonds is 3. The Kier molecular flexibility index (Phi) is 3.92. The van der Waals surface area contributed by atoms with E-state index in [0.717, 1.165) is 18.2 Å². The number of hydrogen-bond acceptors (Lipinski definition) is 1. The molecule has 0 saturated carbocycles. The van der Waals surface area contributed by atoms with Crippen molar-refractivity contribution in [2.45, 2.75) is 13.0 Å². The van der Waals surface area contributed by atoms with E-state index in [2.05, 4.69) is 5.32 Å². The fraction of sp³-hybridized carbons (Fsp3) is 0.143. The fourth-order valence-electron chi connectivity index (χ4n) is 1.80. The molecule has 1 N–H and O–H groups in total. The van der Waals surface area contributed by atoms with Crippen LogP contribution in [-0.2, 0) is 0 Å². The predicted octanol–water partition coefficient (Wildman–Crippen LogP) is 4.56. The van der Waals surface area contributed by atoms with Crippen molar-refractivity contribution in [1.29, 1.82) is 0 Å². The maximum atomic E-state index is 13.5. The summed E-state index contributed by atoms with van der Waals surface area (Å²) in [5.74, 6) is -5.86. The number of hydrogen-bond donors (Lipinski definition) is 1. The molecule has 0 bridgehead atoms. The van der Waals surface area contributed by atoms with E-state index in [4.69, 9.17) is 0 Å². The predicted molar refractivity (Wildman–Crippen MR) is 64.7 cm³/mol. The van der Waals surface area contributed by atoms with E-state index in [-0.39, 0.29) is 11.3 Å². The van der Waals surface area contributed by atoms with Crippen LogP contribution in [0, 0.1) is 29.1 Å². The van der Waals surface area contributed by atoms with Gasteiger partial charge in [-0.2, -0.15) is 0 Å². The van der Waals surface area contributed by atoms with Gasteiger partial charge in [0.15, 0.2) is 17.5 Å². The average Bonchev–Trinajstić information content (AvgIpc) is 2.39. The van der Waals surface area contributed by atoms with Crippen LogP contribution >= 0.6 is 0 Å². The highest BCUT2D eigenvalue weighted by Gasteiger charge is 2.17. The van der Waals surface area contributed by atoms with Crippen molar-refractivity contribution in [3.8, 4) is 0 Å². The van der Waals surface area contributed by atoms with Crippen LogP contribution in [0.5, 0.6) is 0 Å². The molecular weight excluding hydrogens is 277 g/mol. The van der Waals surface area contributed by atoms with Gasteiger partial charge in [0.25, 0.3) is 0 Å². The molecule has 0 heterocycles. The summed E-state index contributed by atoms with van der Waals surface area (Å²) < 4.78 is 65.6. The quantitative estimate of drug-likeness (QED) is 0.645. The first-order valence-electron chi connectivity index (χ1n) is 5.75. The van der Waals surface area contributed by atoms with Crippen molar-refractivity contribution in [2.75, 3.05) is 5.32 Å². The number of halogens is 5. The van der Waals surface area contributed by atoms with Crippen molar-refractivity contribution < 1.29 is 22.0 Å². The first-order chi connectivity index (χ1) is 9.40. The van der Waals surface area contributed by atoms with Crippen molar-refractivity contribution >= 4 is 5.69 Å². The van der Waals surface area contributed by atoms with Crippen LogP contribution in [0.2, 0.25) is 0 Å². The molecular formula is C14H10F5N. The highest BCUT2D eigenvalue weighted by molar-refractivity contribution is 5.47. The first-order valence-corrected chi connectivity index (χ1v) is 5.75. The lowest BCUT2D eigenvalue weighted by Crippen LogP contribution is -2.11. The largest absolute Gasteiger partial charge is 0.376 e. The Balaban J connectivity index is 2.28. The van der Waals surface area contributed by atoms with Crippen LogP contribution in [0.4, 0.5) is 27.6 Å². The third kappa shape index (κ3) is 2.74. The summed E-state index contributed by atoms with van der Waals surface area (Å²) in [4.78, 5) is 0. The maximum Gasteiger partial charge on any atom is 0.196 e. The zero-order valence-corrected chi connectivity index (χ0v) is 10.4. The summed E-state index contributed by atoms with van der Waals surface area (Å²) in [6.07, 6.45) is 0. The lowest BCUT2D eigenvalue weighted by molar-refractivity contribution is 0.448. The summed E-state index contributed by atoms with van der Waals surface area (Å²) >= 11 is 0. The maximum absolute atomic E-state index is 13.5. The molecule has 0 aliphatic carbocycles. The van der Waals surface area contributed by atoms with E-state index >= 15 is 0 Å². The topological polar surface area (TPSA) is 12.0 Å². The second-order valence-electron chi connectivity index (χ2n) is 4.25. The molecule has 1 unspecified atom stereocenters. The molecule has 2 aromatic rings. The van der Waals surface area contributed by atoms with E-state index in [1.54, 1.807) is 0 Å². The van der Waals surface area contributed by atoms with Crippen LogP contribution in [0.25, 0.3) is 0 Å². The van der Waals surface area contributed by atoms with Crippen molar-refractivity contribution in [2.24, 2.45) is 0 Å². The van der Waals surface area contributed by atoms with E-state index in [9.17, 15) is 22.0 Å². The van der Waals surface area contributed by atoms with Crippen molar-refractivity contribution in [1.82, 2.24) is 0 Å². The van der Waals surface area contributed by atoms with Crippen LogP contribution < -0.4 is 5.32 Å². The van der Waals surface area contributed by atoms with Gasteiger partial charge >= 0.3 is 0 Å². The van der Waals surface area contributed by atoms with Gasteiger partial charge in [0.2, 0.25) is 0 Å². The van der Waals surface area contributed by atoms with Gasteiger partial charge in [-0.3, -0.25) is 0 Å². The lowest BCUT2D eigenvalue weighted by Gasteiger charge is -2.17. The monoisotopic (exact) mass is 287 g/mol. The molecule has 0 fully saturated rings. The van der Waals surface area contributed by atoms with Crippen molar-refractivity contribution in [3.05, 3.63) is 65.0 Å². The normalized spacial score (nSPS) is 12.3. The molecule has 2 rings (SSSR count). The van der Waals surface area contributed by atoms with Crippen LogP contribution in [0.3, 0.4) is 0 Å². The van der Waals surface area contributed by atoms with E-state index in [1.807, 2.05) is 0 Å². The molecule has 0 aliphatic rings. The van der Waals surface area contributed by atoms with Gasteiger partial charge in [0.05, 0.1) is 11.7 Å². The van der Waals surface area contributed by atoms with Gasteiger partial charge in [0.1, 0.15) is 11.6 Å². The summed E-state index contributed by atoms with van der Waals surface area (Å²) in [7, 11) is 0. The highest BCUT2D eigenvalue weighted by atomic mass is 19.2. The molecule has 0 amide bonds. The van der Waals surface area contributed by atoms with E-state index < -0.39 is 35.1 Å². The summed E-state index contributed by atoms with van der Waals surface area (Å²) in [5.41, 5.74) is -0.226. The number of benzene rings is 2. The Morgan fingerprint density at radius 3 is 2.20 bits per heavy atom. The average molecular weight is 287 g/mol. The van der Waals surface area contributed by atoms with Gasteiger partial charge in [-0.05, 0) is 25.1 Å². The zero-order chi connectivity index (χ0) is 14.9. The molecule has 1 nitrogen and oxygen atoms in total. The van der Waals surface area contributed by atoms with Gasteiger partial charge in [-0.1, -0.05) is 6.07 Å². The first kappa shape index (κ1) is 14.3. The zero-order valence-electron chi connectivity index (χ0n) is 10.4. The van der Waals surface area contributed by atoms with Gasteiger partial charge in [0, 0.05) is 11.6 Å². The Bertz CT molecular complexity index is 642. The molecule has 20 heavy (non-hydrogen) atoms. The fourth-order valence-corrected chi connectivity index (χ4v) is 1.80. The second kappa shape index (κ2) is 5.48. The van der Waals surface area contributed by atoms with Gasteiger partial charge in [-0.15, -0.1) is 0 Å². The number of anilines is 1. The third-order valence-corrected chi connectivity index (χ3v) is 2.84. The Morgan fingerprint density at radius 2 is 1.55 bits per heavy atom. The minimum atomic E-state index is -1.61. The molecule has 0 aliphatic heterocycles. The molecule has 0 saturated heterocycles. The smallest absolute Gasteiger partial charge is 0.196 e. The van der Waals surface area contributed by atoms with Crippen LogP contribution in [0.15, 0.2) is 30.3 Å². The Labute approximate surface area is 112 Å². The molecule has 106 valence electrons. The molecule has 1 atom stereocenters. The molecule has 0 aromatic heterocycles. The third-order valence-electron chi connectivity index (χ3n) is 2.84. The molecule has 2 aromatic carbocycles. The van der Waals surface area contributed by atoms with Crippen molar-refractivity contribution in [3.63, 3.8) is 0 Å². The SMILES string of the molecule is CC(Nc1ccc(F)c(F)c1F)c1ccc(F)cc1F.